The topological polar surface area (TPSA) is 3.24 Å². The third-order valence-electron chi connectivity index (χ3n) is 14.0. The Hall–Kier alpha value is -7.22. The highest BCUT2D eigenvalue weighted by molar-refractivity contribution is 5.91. The molecule has 0 unspecified atom stereocenters. The van der Waals surface area contributed by atoms with E-state index in [1.807, 2.05) is 0 Å². The van der Waals surface area contributed by atoms with Gasteiger partial charge in [0.1, 0.15) is 0 Å². The molecule has 0 saturated carbocycles. The Kier molecular flexibility index (Phi) is 7.99. The molecule has 8 aromatic carbocycles. The van der Waals surface area contributed by atoms with E-state index in [-0.39, 0.29) is 5.41 Å². The molecule has 12 rings (SSSR count). The summed E-state index contributed by atoms with van der Waals surface area (Å²) in [5, 5.41) is 0. The third-order valence-corrected chi connectivity index (χ3v) is 14.0. The fraction of sp³-hybridized carbons (Fsp3) is 0.100. The van der Waals surface area contributed by atoms with E-state index in [4.69, 9.17) is 0 Å². The maximum absolute atomic E-state index is 4.58. The molecule has 290 valence electrons. The van der Waals surface area contributed by atoms with Crippen molar-refractivity contribution in [3.8, 4) is 55.6 Å². The molecule has 0 amide bonds. The minimum Gasteiger partial charge on any atom is -0.314 e. The van der Waals surface area contributed by atoms with E-state index in [1.54, 1.807) is 0 Å². The van der Waals surface area contributed by atoms with Gasteiger partial charge >= 0.3 is 0 Å². The van der Waals surface area contributed by atoms with E-state index < -0.39 is 0 Å². The lowest BCUT2D eigenvalue weighted by Crippen LogP contribution is -2.20. The van der Waals surface area contributed by atoms with Crippen molar-refractivity contribution in [1.29, 1.82) is 0 Å². The van der Waals surface area contributed by atoms with Crippen molar-refractivity contribution in [3.05, 3.63) is 245 Å². The van der Waals surface area contributed by atoms with Crippen molar-refractivity contribution in [1.82, 2.24) is 0 Å². The lowest BCUT2D eigenvalue weighted by atomic mass is 9.80. The van der Waals surface area contributed by atoms with E-state index in [0.29, 0.717) is 0 Å². The Morgan fingerprint density at radius 1 is 0.426 bits per heavy atom. The number of hydrogen-bond donors (Lipinski definition) is 0. The highest BCUT2D eigenvalue weighted by Crippen LogP contribution is 2.52. The third kappa shape index (κ3) is 5.54. The van der Waals surface area contributed by atoms with E-state index in [1.165, 1.54) is 106 Å². The normalized spacial score (nSPS) is 16.1. The number of anilines is 2. The monoisotopic (exact) mass is 779 g/mol. The van der Waals surface area contributed by atoms with Crippen LogP contribution >= 0.6 is 0 Å². The zero-order valence-corrected chi connectivity index (χ0v) is 34.7. The van der Waals surface area contributed by atoms with Crippen LogP contribution in [0.1, 0.15) is 58.4 Å². The number of fused-ring (bicyclic) bond motifs is 11. The molecule has 0 heterocycles. The van der Waals surface area contributed by atoms with Crippen LogP contribution in [-0.2, 0) is 24.7 Å². The van der Waals surface area contributed by atoms with Crippen LogP contribution in [0.5, 0.6) is 0 Å². The fourth-order valence-corrected chi connectivity index (χ4v) is 11.0. The van der Waals surface area contributed by atoms with Gasteiger partial charge in [-0.25, -0.2) is 0 Å². The molecule has 8 aromatic rings. The highest BCUT2D eigenvalue weighted by Gasteiger charge is 2.38. The van der Waals surface area contributed by atoms with Gasteiger partial charge in [-0.3, -0.25) is 0 Å². The van der Waals surface area contributed by atoms with Gasteiger partial charge in [-0.05, 0) is 149 Å². The second kappa shape index (κ2) is 13.7. The molecule has 0 atom stereocenters. The summed E-state index contributed by atoms with van der Waals surface area (Å²) in [5.41, 5.74) is 28.7. The Labute approximate surface area is 359 Å². The van der Waals surface area contributed by atoms with E-state index in [0.717, 1.165) is 36.2 Å². The van der Waals surface area contributed by atoms with Crippen LogP contribution in [0, 0.1) is 0 Å². The fourth-order valence-electron chi connectivity index (χ4n) is 11.0. The standard InChI is InChI=1S/C60H45N/c1-38-13-10-16-45(37-56-46(38)33-34-58-59(56)53-19-8-9-24-57(53)60(58,2)3)61(43-29-25-39(26-30-43)47-20-11-22-51-49-17-6-4-14-41(49)35-54(47)51)44-31-27-40(28-32-44)48-21-12-23-52-50-18-7-5-15-42(50)36-55(48)52/h4-34H,1,35-37H2,2-3H3/b13-10-,45-16+. The molecule has 0 spiro atoms. The zero-order chi connectivity index (χ0) is 40.8. The van der Waals surface area contributed by atoms with Crippen molar-refractivity contribution in [2.24, 2.45) is 0 Å². The second-order valence-electron chi connectivity index (χ2n) is 17.7. The van der Waals surface area contributed by atoms with Crippen molar-refractivity contribution in [2.75, 3.05) is 4.90 Å². The molecule has 0 radical (unpaired) electrons. The van der Waals surface area contributed by atoms with Crippen LogP contribution in [-0.4, -0.2) is 0 Å². The second-order valence-corrected chi connectivity index (χ2v) is 17.7. The first-order valence-corrected chi connectivity index (χ1v) is 21.7. The van der Waals surface area contributed by atoms with Crippen LogP contribution in [0.4, 0.5) is 11.4 Å². The smallest absolute Gasteiger partial charge is 0.0458 e. The van der Waals surface area contributed by atoms with Gasteiger partial charge in [-0.15, -0.1) is 0 Å². The Balaban J connectivity index is 0.983. The van der Waals surface area contributed by atoms with Crippen LogP contribution in [0.2, 0.25) is 0 Å². The van der Waals surface area contributed by atoms with Gasteiger partial charge in [-0.1, -0.05) is 178 Å². The predicted molar refractivity (Wildman–Crippen MR) is 256 cm³/mol. The number of benzene rings is 8. The minimum absolute atomic E-state index is 0.0896. The van der Waals surface area contributed by atoms with E-state index in [2.05, 4.69) is 213 Å². The van der Waals surface area contributed by atoms with Gasteiger partial charge in [0.05, 0.1) is 0 Å². The number of hydrogen-bond acceptors (Lipinski definition) is 1. The summed E-state index contributed by atoms with van der Waals surface area (Å²) < 4.78 is 0. The van der Waals surface area contributed by atoms with Crippen molar-refractivity contribution >= 4 is 16.9 Å². The molecule has 61 heavy (non-hydrogen) atoms. The Morgan fingerprint density at radius 3 is 1.52 bits per heavy atom. The van der Waals surface area contributed by atoms with Crippen LogP contribution in [0.25, 0.3) is 61.2 Å². The molecule has 0 aromatic heterocycles. The molecule has 4 aliphatic carbocycles. The van der Waals surface area contributed by atoms with Crippen LogP contribution in [0.3, 0.4) is 0 Å². The molecule has 0 saturated heterocycles. The summed E-state index contributed by atoms with van der Waals surface area (Å²) in [6.45, 7) is 9.33. The molecule has 0 aliphatic heterocycles. The average Bonchev–Trinajstić information content (AvgIpc) is 3.94. The molecular formula is C60H45N. The molecule has 0 bridgehead atoms. The summed E-state index contributed by atoms with van der Waals surface area (Å²) in [7, 11) is 0. The molecular weight excluding hydrogens is 735 g/mol. The maximum Gasteiger partial charge on any atom is 0.0458 e. The van der Waals surface area contributed by atoms with Crippen molar-refractivity contribution in [3.63, 3.8) is 0 Å². The summed E-state index contributed by atoms with van der Waals surface area (Å²) in [5.74, 6) is 0. The van der Waals surface area contributed by atoms with Crippen molar-refractivity contribution in [2.45, 2.75) is 38.5 Å². The van der Waals surface area contributed by atoms with Crippen LogP contribution < -0.4 is 4.90 Å². The first-order valence-electron chi connectivity index (χ1n) is 21.7. The van der Waals surface area contributed by atoms with Gasteiger partial charge in [0.2, 0.25) is 0 Å². The number of allylic oxidation sites excluding steroid dienone is 5. The van der Waals surface area contributed by atoms with Crippen molar-refractivity contribution < 1.29 is 0 Å². The number of rotatable bonds is 5. The minimum atomic E-state index is -0.0896. The molecule has 1 nitrogen and oxygen atoms in total. The maximum atomic E-state index is 4.58. The largest absolute Gasteiger partial charge is 0.314 e. The number of nitrogens with zero attached hydrogens (tertiary/aromatic N) is 1. The Morgan fingerprint density at radius 2 is 0.934 bits per heavy atom. The molecule has 0 N–H and O–H groups in total. The SMILES string of the molecule is C=C1/C=C\C=C(\N(c2ccc(-c3cccc4c3Cc3ccccc3-4)cc2)c2ccc(-c3cccc4c3Cc3ccccc3-4)cc2)Cc2c1ccc1c2-c2ccccc2C1(C)C. The summed E-state index contributed by atoms with van der Waals surface area (Å²) in [4.78, 5) is 2.48. The first kappa shape index (κ1) is 35.7. The highest BCUT2D eigenvalue weighted by atomic mass is 15.1. The van der Waals surface area contributed by atoms with Gasteiger partial charge in [0.15, 0.2) is 0 Å². The van der Waals surface area contributed by atoms with Gasteiger partial charge < -0.3 is 4.90 Å². The summed E-state index contributed by atoms with van der Waals surface area (Å²) in [6.07, 6.45) is 9.37. The van der Waals surface area contributed by atoms with Crippen LogP contribution in [0.15, 0.2) is 200 Å². The van der Waals surface area contributed by atoms with Gasteiger partial charge in [0.25, 0.3) is 0 Å². The average molecular weight is 780 g/mol. The van der Waals surface area contributed by atoms with Gasteiger partial charge in [0, 0.05) is 28.9 Å². The quantitative estimate of drug-likeness (QED) is 0.168. The van der Waals surface area contributed by atoms with Gasteiger partial charge in [-0.2, -0.15) is 0 Å². The predicted octanol–water partition coefficient (Wildman–Crippen LogP) is 15.3. The zero-order valence-electron chi connectivity index (χ0n) is 34.7. The van der Waals surface area contributed by atoms with E-state index >= 15 is 0 Å². The summed E-state index contributed by atoms with van der Waals surface area (Å²) in [6, 6.07) is 63.6. The molecule has 4 aliphatic rings. The lowest BCUT2D eigenvalue weighted by molar-refractivity contribution is 0.660. The van der Waals surface area contributed by atoms with E-state index in [9.17, 15) is 0 Å². The first-order chi connectivity index (χ1) is 29.9. The molecule has 0 fully saturated rings. The molecule has 1 heteroatoms. The Bertz CT molecular complexity index is 3050. The summed E-state index contributed by atoms with van der Waals surface area (Å²) >= 11 is 0. The lowest BCUT2D eigenvalue weighted by Gasteiger charge is -2.31.